The molecule has 200 valence electrons. The first-order valence-corrected chi connectivity index (χ1v) is 14.1. The van der Waals surface area contributed by atoms with Crippen LogP contribution in [0.2, 0.25) is 30.1 Å². The fourth-order valence-electron chi connectivity index (χ4n) is 3.71. The zero-order chi connectivity index (χ0) is 28.8. The molecule has 0 radical (unpaired) electrons. The first-order valence-electron chi connectivity index (χ1n) is 10.4. The quantitative estimate of drug-likeness (QED) is 0.149. The molecule has 0 saturated heterocycles. The molecule has 0 aliphatic carbocycles. The largest absolute Gasteiger partial charge is 0.289 e. The Hall–Kier alpha value is -2.63. The summed E-state index contributed by atoms with van der Waals surface area (Å²) in [7, 11) is -4.87. The molecule has 0 N–H and O–H groups in total. The lowest BCUT2D eigenvalue weighted by atomic mass is 10.0. The van der Waals surface area contributed by atoms with Gasteiger partial charge in [0, 0.05) is 33.3 Å². The Morgan fingerprint density at radius 3 is 1.13 bits per heavy atom. The number of rotatable bonds is 6. The summed E-state index contributed by atoms with van der Waals surface area (Å²) >= 11 is 37.5. The van der Waals surface area contributed by atoms with E-state index in [0.29, 0.717) is 22.2 Å². The minimum atomic E-state index is -4.87. The van der Waals surface area contributed by atoms with Crippen LogP contribution in [-0.4, -0.2) is 18.3 Å². The topological polar surface area (TPSA) is 120 Å². The summed E-state index contributed by atoms with van der Waals surface area (Å²) in [6.45, 7) is 0. The van der Waals surface area contributed by atoms with Crippen LogP contribution in [0.5, 0.6) is 0 Å². The van der Waals surface area contributed by atoms with E-state index >= 15 is 0 Å². The second-order valence-corrected chi connectivity index (χ2v) is 12.1. The number of nitro groups is 2. The van der Waals surface area contributed by atoms with Gasteiger partial charge in [0.2, 0.25) is 9.84 Å². The van der Waals surface area contributed by atoms with Crippen molar-refractivity contribution in [2.75, 3.05) is 0 Å². The third-order valence-corrected chi connectivity index (χ3v) is 9.61. The van der Waals surface area contributed by atoms with E-state index in [-0.39, 0.29) is 22.3 Å². The maximum Gasteiger partial charge on any atom is 0.289 e. The number of benzene rings is 4. The molecule has 0 aromatic heterocycles. The van der Waals surface area contributed by atoms with Gasteiger partial charge in [-0.2, -0.15) is 0 Å². The normalized spacial score (nSPS) is 11.4. The first kappa shape index (κ1) is 29.4. The van der Waals surface area contributed by atoms with Crippen LogP contribution in [0.4, 0.5) is 11.4 Å². The molecule has 39 heavy (non-hydrogen) atoms. The van der Waals surface area contributed by atoms with Crippen LogP contribution in [0.1, 0.15) is 0 Å². The molecule has 4 rings (SSSR count). The number of nitro benzene ring substituents is 2. The molecule has 0 bridgehead atoms. The van der Waals surface area contributed by atoms with Crippen molar-refractivity contribution in [1.29, 1.82) is 0 Å². The van der Waals surface area contributed by atoms with E-state index in [1.165, 1.54) is 48.5 Å². The zero-order valence-electron chi connectivity index (χ0n) is 18.8. The van der Waals surface area contributed by atoms with Crippen molar-refractivity contribution >= 4 is 90.8 Å². The van der Waals surface area contributed by atoms with E-state index < -0.39 is 60.9 Å². The Balaban J connectivity index is 2.09. The molecule has 0 heterocycles. The van der Waals surface area contributed by atoms with E-state index in [2.05, 4.69) is 0 Å². The molecule has 0 spiro atoms. The number of halogens is 6. The lowest BCUT2D eigenvalue weighted by molar-refractivity contribution is -0.385. The summed E-state index contributed by atoms with van der Waals surface area (Å²) in [4.78, 5) is 20.4. The molecule has 4 aromatic carbocycles. The minimum Gasteiger partial charge on any atom is -0.258 e. The van der Waals surface area contributed by atoms with Gasteiger partial charge in [0.25, 0.3) is 11.4 Å². The van der Waals surface area contributed by atoms with E-state index in [0.717, 1.165) is 0 Å². The van der Waals surface area contributed by atoms with Crippen molar-refractivity contribution in [3.05, 3.63) is 111 Å². The van der Waals surface area contributed by atoms with Crippen LogP contribution in [0.15, 0.2) is 70.5 Å². The predicted molar refractivity (Wildman–Crippen MR) is 153 cm³/mol. The average molecular weight is 667 g/mol. The van der Waals surface area contributed by atoms with Gasteiger partial charge in [-0.15, -0.1) is 0 Å². The highest BCUT2D eigenvalue weighted by Gasteiger charge is 2.35. The molecular formula is C24H10Cl6N2O6S. The van der Waals surface area contributed by atoms with Crippen LogP contribution in [-0.2, 0) is 9.84 Å². The second kappa shape index (κ2) is 11.1. The van der Waals surface area contributed by atoms with Crippen molar-refractivity contribution in [3.63, 3.8) is 0 Å². The Bertz CT molecular complexity index is 1650. The van der Waals surface area contributed by atoms with Gasteiger partial charge in [-0.25, -0.2) is 8.42 Å². The number of hydrogen-bond donors (Lipinski definition) is 0. The Morgan fingerprint density at radius 1 is 0.538 bits per heavy atom. The monoisotopic (exact) mass is 664 g/mol. The molecule has 15 heteroatoms. The van der Waals surface area contributed by atoms with Gasteiger partial charge in [0.15, 0.2) is 0 Å². The zero-order valence-corrected chi connectivity index (χ0v) is 24.1. The highest BCUT2D eigenvalue weighted by molar-refractivity contribution is 7.91. The smallest absolute Gasteiger partial charge is 0.258 e. The molecule has 0 unspecified atom stereocenters. The molecule has 0 aliphatic rings. The SMILES string of the molecule is O=[N+]([O-])c1cc(S(=O)(=O)c2cc([N+](=O)[O-])c(Cl)c(-c3ccc(Cl)cc3)c2Cl)c(Cl)c(-c2ccc(Cl)cc2)c1Cl. The summed E-state index contributed by atoms with van der Waals surface area (Å²) in [6.07, 6.45) is 0. The summed E-state index contributed by atoms with van der Waals surface area (Å²) in [5.41, 5.74) is -1.43. The van der Waals surface area contributed by atoms with Crippen LogP contribution in [0.25, 0.3) is 22.3 Å². The standard InChI is InChI=1S/C24H10Cl6N2O6S/c25-13-5-1-11(2-6-13)19-21(27)15(31(33)34)9-17(23(19)29)39(37,38)18-10-16(32(35)36)22(28)20(24(18)30)12-3-7-14(26)8-4-12/h1-10H. The van der Waals surface area contributed by atoms with Gasteiger partial charge < -0.3 is 0 Å². The summed E-state index contributed by atoms with van der Waals surface area (Å²) in [5.74, 6) is 0. The van der Waals surface area contributed by atoms with Gasteiger partial charge in [-0.3, -0.25) is 20.2 Å². The van der Waals surface area contributed by atoms with Crippen molar-refractivity contribution in [3.8, 4) is 22.3 Å². The van der Waals surface area contributed by atoms with Crippen LogP contribution in [0.3, 0.4) is 0 Å². The number of nitrogens with zero attached hydrogens (tertiary/aromatic N) is 2. The van der Waals surface area contributed by atoms with E-state index in [9.17, 15) is 28.6 Å². The van der Waals surface area contributed by atoms with Gasteiger partial charge in [-0.05, 0) is 35.4 Å². The van der Waals surface area contributed by atoms with Crippen LogP contribution < -0.4 is 0 Å². The highest BCUT2D eigenvalue weighted by Crippen LogP contribution is 2.49. The lowest BCUT2D eigenvalue weighted by Crippen LogP contribution is -2.08. The first-order chi connectivity index (χ1) is 18.2. The van der Waals surface area contributed by atoms with Gasteiger partial charge >= 0.3 is 0 Å². The fraction of sp³-hybridized carbons (Fsp3) is 0. The maximum absolute atomic E-state index is 14.0. The van der Waals surface area contributed by atoms with Crippen molar-refractivity contribution < 1.29 is 18.3 Å². The van der Waals surface area contributed by atoms with Crippen LogP contribution in [0, 0.1) is 20.2 Å². The molecule has 8 nitrogen and oxygen atoms in total. The maximum atomic E-state index is 14.0. The Kier molecular flexibility index (Phi) is 8.35. The highest BCUT2D eigenvalue weighted by atomic mass is 35.5. The van der Waals surface area contributed by atoms with E-state index in [1.807, 2.05) is 0 Å². The third-order valence-electron chi connectivity index (χ3n) is 5.53. The third kappa shape index (κ3) is 5.40. The summed E-state index contributed by atoms with van der Waals surface area (Å²) in [6, 6.07) is 12.9. The number of sulfone groups is 1. The Labute approximate surface area is 250 Å². The molecule has 0 saturated carbocycles. The lowest BCUT2D eigenvalue weighted by Gasteiger charge is -2.16. The molecule has 0 aliphatic heterocycles. The summed E-state index contributed by atoms with van der Waals surface area (Å²) < 4.78 is 28.0. The Morgan fingerprint density at radius 2 is 0.846 bits per heavy atom. The van der Waals surface area contributed by atoms with Crippen molar-refractivity contribution in [1.82, 2.24) is 0 Å². The average Bonchev–Trinajstić information content (AvgIpc) is 2.85. The minimum absolute atomic E-state index is 0.166. The molecular weight excluding hydrogens is 657 g/mol. The van der Waals surface area contributed by atoms with Gasteiger partial charge in [0.05, 0.1) is 29.7 Å². The molecule has 0 atom stereocenters. The fourth-order valence-corrected chi connectivity index (χ4v) is 7.29. The summed E-state index contributed by atoms with van der Waals surface area (Å²) in [5, 5.41) is 22.5. The van der Waals surface area contributed by atoms with Crippen molar-refractivity contribution in [2.45, 2.75) is 9.79 Å². The number of hydrogen-bond acceptors (Lipinski definition) is 6. The van der Waals surface area contributed by atoms with E-state index in [4.69, 9.17) is 69.6 Å². The van der Waals surface area contributed by atoms with Crippen molar-refractivity contribution in [2.24, 2.45) is 0 Å². The predicted octanol–water partition coefficient (Wildman–Crippen LogP) is 9.59. The molecule has 0 fully saturated rings. The second-order valence-electron chi connectivity index (χ2n) is 7.83. The molecule has 4 aromatic rings. The van der Waals surface area contributed by atoms with Gasteiger partial charge in [-0.1, -0.05) is 93.9 Å². The van der Waals surface area contributed by atoms with Crippen LogP contribution >= 0.6 is 69.6 Å². The van der Waals surface area contributed by atoms with E-state index in [1.54, 1.807) is 0 Å². The van der Waals surface area contributed by atoms with Gasteiger partial charge in [0.1, 0.15) is 10.0 Å². The molecule has 0 amide bonds.